The lowest BCUT2D eigenvalue weighted by Gasteiger charge is -2.03. The Morgan fingerprint density at radius 2 is 2.22 bits per heavy atom. The van der Waals surface area contributed by atoms with E-state index in [1.165, 1.54) is 22.4 Å². The van der Waals surface area contributed by atoms with Crippen molar-refractivity contribution in [3.8, 4) is 0 Å². The largest absolute Gasteiger partial charge is 0.435 e. The molecule has 0 aliphatic heterocycles. The van der Waals surface area contributed by atoms with Gasteiger partial charge < -0.3 is 5.32 Å². The minimum atomic E-state index is -4.42. The van der Waals surface area contributed by atoms with Gasteiger partial charge in [-0.25, -0.2) is 0 Å². The van der Waals surface area contributed by atoms with Gasteiger partial charge in [-0.05, 0) is 13.0 Å². The van der Waals surface area contributed by atoms with Gasteiger partial charge >= 0.3 is 6.18 Å². The molecular weight excluding hydrogens is 267 g/mol. The number of nitrogens with one attached hydrogen (secondary N) is 1. The molecular formula is C9H10F3N5S. The van der Waals surface area contributed by atoms with E-state index in [9.17, 15) is 13.2 Å². The zero-order valence-electron chi connectivity index (χ0n) is 9.40. The van der Waals surface area contributed by atoms with Gasteiger partial charge in [-0.3, -0.25) is 4.68 Å². The van der Waals surface area contributed by atoms with Gasteiger partial charge in [0.2, 0.25) is 0 Å². The fraction of sp³-hybridized carbons (Fsp3) is 0.444. The van der Waals surface area contributed by atoms with Crippen molar-refractivity contribution < 1.29 is 13.2 Å². The summed E-state index contributed by atoms with van der Waals surface area (Å²) in [7, 11) is 0. The average Bonchev–Trinajstić information content (AvgIpc) is 2.89. The summed E-state index contributed by atoms with van der Waals surface area (Å²) >= 11 is 1.17. The Hall–Kier alpha value is -1.64. The third-order valence-corrected chi connectivity index (χ3v) is 2.86. The van der Waals surface area contributed by atoms with Crippen LogP contribution in [-0.2, 0) is 12.7 Å². The Morgan fingerprint density at radius 1 is 1.44 bits per heavy atom. The molecule has 5 nitrogen and oxygen atoms in total. The molecule has 0 aromatic carbocycles. The highest BCUT2D eigenvalue weighted by Gasteiger charge is 2.33. The SMILES string of the molecule is CCNc1snnc1Cn1ccc(C(F)(F)F)n1. The van der Waals surface area contributed by atoms with Crippen LogP contribution >= 0.6 is 11.5 Å². The third kappa shape index (κ3) is 2.78. The zero-order chi connectivity index (χ0) is 13.2. The monoisotopic (exact) mass is 277 g/mol. The van der Waals surface area contributed by atoms with E-state index in [0.717, 1.165) is 11.1 Å². The molecule has 0 bridgehead atoms. The highest BCUT2D eigenvalue weighted by Crippen LogP contribution is 2.27. The molecule has 2 aromatic rings. The second-order valence-corrected chi connectivity index (χ2v) is 4.23. The van der Waals surface area contributed by atoms with Gasteiger partial charge in [0, 0.05) is 24.3 Å². The number of anilines is 1. The molecule has 0 unspecified atom stereocenters. The van der Waals surface area contributed by atoms with E-state index < -0.39 is 11.9 Å². The molecule has 2 aromatic heterocycles. The first-order valence-electron chi connectivity index (χ1n) is 5.16. The van der Waals surface area contributed by atoms with Crippen LogP contribution in [0.3, 0.4) is 0 Å². The van der Waals surface area contributed by atoms with Crippen LogP contribution in [0.15, 0.2) is 12.3 Å². The van der Waals surface area contributed by atoms with E-state index >= 15 is 0 Å². The van der Waals surface area contributed by atoms with Gasteiger partial charge in [0.25, 0.3) is 0 Å². The fourth-order valence-electron chi connectivity index (χ4n) is 1.36. The van der Waals surface area contributed by atoms with E-state index in [0.29, 0.717) is 12.2 Å². The van der Waals surface area contributed by atoms with Crippen LogP contribution in [0.25, 0.3) is 0 Å². The summed E-state index contributed by atoms with van der Waals surface area (Å²) in [5.74, 6) is 0. The molecule has 0 radical (unpaired) electrons. The molecule has 0 spiro atoms. The Morgan fingerprint density at radius 3 is 2.83 bits per heavy atom. The summed E-state index contributed by atoms with van der Waals surface area (Å²) in [5, 5.41) is 11.1. The molecule has 0 saturated carbocycles. The summed E-state index contributed by atoms with van der Waals surface area (Å²) in [5.41, 5.74) is -0.325. The van der Waals surface area contributed by atoms with Gasteiger partial charge in [0.15, 0.2) is 5.69 Å². The number of aromatic nitrogens is 4. The molecule has 18 heavy (non-hydrogen) atoms. The third-order valence-electron chi connectivity index (χ3n) is 2.14. The van der Waals surface area contributed by atoms with Gasteiger partial charge in [-0.1, -0.05) is 4.49 Å². The maximum atomic E-state index is 12.4. The van der Waals surface area contributed by atoms with Crippen LogP contribution in [0.4, 0.5) is 18.2 Å². The molecule has 9 heteroatoms. The van der Waals surface area contributed by atoms with Crippen LogP contribution in [0.5, 0.6) is 0 Å². The quantitative estimate of drug-likeness (QED) is 0.931. The molecule has 2 heterocycles. The summed E-state index contributed by atoms with van der Waals surface area (Å²) in [4.78, 5) is 0. The van der Waals surface area contributed by atoms with Crippen molar-refractivity contribution in [2.45, 2.75) is 19.6 Å². The number of halogens is 3. The number of alkyl halides is 3. The molecule has 2 rings (SSSR count). The highest BCUT2D eigenvalue weighted by atomic mass is 32.1. The van der Waals surface area contributed by atoms with E-state index in [1.54, 1.807) is 0 Å². The van der Waals surface area contributed by atoms with Crippen molar-refractivity contribution in [3.05, 3.63) is 23.7 Å². The fourth-order valence-corrected chi connectivity index (χ4v) is 2.00. The van der Waals surface area contributed by atoms with Crippen LogP contribution in [0.2, 0.25) is 0 Å². The second-order valence-electron chi connectivity index (χ2n) is 3.48. The average molecular weight is 277 g/mol. The first kappa shape index (κ1) is 12.8. The van der Waals surface area contributed by atoms with Crippen molar-refractivity contribution >= 4 is 16.5 Å². The minimum absolute atomic E-state index is 0.162. The summed E-state index contributed by atoms with van der Waals surface area (Å²) in [6.07, 6.45) is -3.14. The Kier molecular flexibility index (Phi) is 3.50. The van der Waals surface area contributed by atoms with Crippen molar-refractivity contribution in [1.82, 2.24) is 19.4 Å². The van der Waals surface area contributed by atoms with Gasteiger partial charge in [0.1, 0.15) is 10.7 Å². The number of rotatable bonds is 4. The van der Waals surface area contributed by atoms with Crippen molar-refractivity contribution in [3.63, 3.8) is 0 Å². The predicted octanol–water partition coefficient (Wildman–Crippen LogP) is 2.23. The van der Waals surface area contributed by atoms with Crippen LogP contribution in [0, 0.1) is 0 Å². The standard InChI is InChI=1S/C9H10F3N5S/c1-2-13-8-6(14-16-18-8)5-17-4-3-7(15-17)9(10,11)12/h3-4,13H,2,5H2,1H3. The summed E-state index contributed by atoms with van der Waals surface area (Å²) < 4.78 is 42.1. The zero-order valence-corrected chi connectivity index (χ0v) is 10.2. The van der Waals surface area contributed by atoms with Crippen LogP contribution < -0.4 is 5.32 Å². The molecule has 0 amide bonds. The van der Waals surface area contributed by atoms with E-state index in [4.69, 9.17) is 0 Å². The normalized spacial score (nSPS) is 11.8. The van der Waals surface area contributed by atoms with Gasteiger partial charge in [0.05, 0.1) is 6.54 Å². The van der Waals surface area contributed by atoms with Crippen LogP contribution in [0.1, 0.15) is 18.3 Å². The molecule has 1 N–H and O–H groups in total. The molecule has 0 aliphatic rings. The number of nitrogens with zero attached hydrogens (tertiary/aromatic N) is 4. The smallest absolute Gasteiger partial charge is 0.374 e. The minimum Gasteiger partial charge on any atom is -0.374 e. The van der Waals surface area contributed by atoms with E-state index in [1.807, 2.05) is 6.92 Å². The predicted molar refractivity (Wildman–Crippen MR) is 60.4 cm³/mol. The first-order valence-corrected chi connectivity index (χ1v) is 5.93. The Labute approximate surface area is 105 Å². The Bertz CT molecular complexity index is 518. The number of hydrogen-bond acceptors (Lipinski definition) is 5. The van der Waals surface area contributed by atoms with E-state index in [2.05, 4.69) is 20.0 Å². The lowest BCUT2D eigenvalue weighted by Crippen LogP contribution is -2.09. The molecule has 0 atom stereocenters. The molecule has 0 fully saturated rings. The number of hydrogen-bond donors (Lipinski definition) is 1. The van der Waals surface area contributed by atoms with Crippen molar-refractivity contribution in [1.29, 1.82) is 0 Å². The lowest BCUT2D eigenvalue weighted by molar-refractivity contribution is -0.141. The Balaban J connectivity index is 2.14. The maximum absolute atomic E-state index is 12.4. The lowest BCUT2D eigenvalue weighted by atomic mass is 10.4. The molecule has 0 aliphatic carbocycles. The first-order chi connectivity index (χ1) is 8.50. The van der Waals surface area contributed by atoms with Crippen LogP contribution in [-0.4, -0.2) is 25.9 Å². The van der Waals surface area contributed by atoms with Crippen molar-refractivity contribution in [2.75, 3.05) is 11.9 Å². The second kappa shape index (κ2) is 4.92. The molecule has 98 valence electrons. The van der Waals surface area contributed by atoms with Gasteiger partial charge in [-0.2, -0.15) is 18.3 Å². The highest BCUT2D eigenvalue weighted by molar-refractivity contribution is 7.10. The summed E-state index contributed by atoms with van der Waals surface area (Å²) in [6, 6.07) is 0.937. The summed E-state index contributed by atoms with van der Waals surface area (Å²) in [6.45, 7) is 2.78. The van der Waals surface area contributed by atoms with Crippen molar-refractivity contribution in [2.24, 2.45) is 0 Å². The topological polar surface area (TPSA) is 55.6 Å². The van der Waals surface area contributed by atoms with Gasteiger partial charge in [-0.15, -0.1) is 5.10 Å². The maximum Gasteiger partial charge on any atom is 0.435 e. The molecule has 0 saturated heterocycles. The van der Waals surface area contributed by atoms with E-state index in [-0.39, 0.29) is 6.54 Å².